The van der Waals surface area contributed by atoms with Crippen LogP contribution in [-0.2, 0) is 6.54 Å². The summed E-state index contributed by atoms with van der Waals surface area (Å²) in [5.41, 5.74) is 1.67. The number of rotatable bonds is 5. The lowest BCUT2D eigenvalue weighted by molar-refractivity contribution is 0.0936. The number of carbonyl (C=O) groups excluding carboxylic acids is 1. The van der Waals surface area contributed by atoms with Crippen molar-refractivity contribution < 1.29 is 13.7 Å². The van der Waals surface area contributed by atoms with Crippen LogP contribution < -0.4 is 5.32 Å². The molecule has 2 aromatic carbocycles. The Balaban J connectivity index is 1.48. The Labute approximate surface area is 173 Å². The van der Waals surface area contributed by atoms with Gasteiger partial charge in [0.15, 0.2) is 0 Å². The molecule has 150 valence electrons. The number of halogens is 2. The highest BCUT2D eigenvalue weighted by molar-refractivity contribution is 6.33. The number of likely N-dealkylation sites (tertiary alicyclic amines) is 1. The van der Waals surface area contributed by atoms with E-state index in [-0.39, 0.29) is 33.8 Å². The van der Waals surface area contributed by atoms with Crippen LogP contribution in [0.2, 0.25) is 5.02 Å². The molecule has 1 aliphatic heterocycles. The van der Waals surface area contributed by atoms with Crippen LogP contribution in [0, 0.1) is 12.7 Å². The van der Waals surface area contributed by atoms with Gasteiger partial charge in [-0.15, -0.1) is 0 Å². The molecular weight excluding hydrogens is 393 g/mol. The molecule has 0 spiro atoms. The average molecular weight is 414 g/mol. The molecule has 4 rings (SSSR count). The van der Waals surface area contributed by atoms with Gasteiger partial charge in [0.05, 0.1) is 10.6 Å². The van der Waals surface area contributed by atoms with E-state index in [9.17, 15) is 9.18 Å². The number of carbonyl (C=O) groups is 1. The van der Waals surface area contributed by atoms with Crippen molar-refractivity contribution in [1.82, 2.24) is 15.4 Å². The fourth-order valence-electron chi connectivity index (χ4n) is 3.73. The molecule has 7 heteroatoms. The molecule has 3 aromatic rings. The molecule has 0 aliphatic carbocycles. The first-order chi connectivity index (χ1) is 14.0. The van der Waals surface area contributed by atoms with Gasteiger partial charge in [0, 0.05) is 25.7 Å². The number of aromatic nitrogens is 1. The predicted molar refractivity (Wildman–Crippen MR) is 109 cm³/mol. The third-order valence-corrected chi connectivity index (χ3v) is 5.46. The van der Waals surface area contributed by atoms with E-state index in [0.717, 1.165) is 26.1 Å². The maximum Gasteiger partial charge on any atom is 0.257 e. The van der Waals surface area contributed by atoms with Crippen LogP contribution in [0.3, 0.4) is 0 Å². The van der Waals surface area contributed by atoms with Gasteiger partial charge >= 0.3 is 0 Å². The van der Waals surface area contributed by atoms with Crippen LogP contribution in [0.25, 0.3) is 11.3 Å². The fraction of sp³-hybridized carbons (Fsp3) is 0.273. The highest BCUT2D eigenvalue weighted by Gasteiger charge is 2.29. The molecule has 1 aromatic heterocycles. The first kappa shape index (κ1) is 19.6. The number of aryl methyl sites for hydroxylation is 1. The SMILES string of the molecule is Cc1onc(-c2c(F)cccc2Cl)c1C(=O)NC1CCN(Cc2ccccc2)C1. The van der Waals surface area contributed by atoms with E-state index < -0.39 is 5.82 Å². The standard InChI is InChI=1S/C22H21ClFN3O2/c1-14-19(21(26-29-14)20-17(23)8-5-9-18(20)24)22(28)25-16-10-11-27(13-16)12-15-6-3-2-4-7-15/h2-9,16H,10-13H2,1H3,(H,25,28). The Morgan fingerprint density at radius 2 is 2.07 bits per heavy atom. The molecule has 2 heterocycles. The predicted octanol–water partition coefficient (Wildman–Crippen LogP) is 4.45. The highest BCUT2D eigenvalue weighted by atomic mass is 35.5. The number of benzene rings is 2. The Bertz CT molecular complexity index is 1000. The van der Waals surface area contributed by atoms with Gasteiger partial charge in [0.25, 0.3) is 5.91 Å². The molecule has 29 heavy (non-hydrogen) atoms. The first-order valence-electron chi connectivity index (χ1n) is 9.50. The molecule has 0 saturated carbocycles. The van der Waals surface area contributed by atoms with Crippen LogP contribution in [-0.4, -0.2) is 35.1 Å². The Hall–Kier alpha value is -2.70. The van der Waals surface area contributed by atoms with Crippen molar-refractivity contribution in [2.45, 2.75) is 25.9 Å². The maximum atomic E-state index is 14.3. The fourth-order valence-corrected chi connectivity index (χ4v) is 3.98. The number of hydrogen-bond acceptors (Lipinski definition) is 4. The minimum Gasteiger partial charge on any atom is -0.360 e. The van der Waals surface area contributed by atoms with Crippen LogP contribution in [0.15, 0.2) is 53.1 Å². The van der Waals surface area contributed by atoms with E-state index in [1.54, 1.807) is 13.0 Å². The monoisotopic (exact) mass is 413 g/mol. The van der Waals surface area contributed by atoms with E-state index in [4.69, 9.17) is 16.1 Å². The molecule has 1 saturated heterocycles. The zero-order valence-corrected chi connectivity index (χ0v) is 16.7. The molecule has 1 aliphatic rings. The van der Waals surface area contributed by atoms with Crippen molar-refractivity contribution in [3.05, 3.63) is 76.3 Å². The van der Waals surface area contributed by atoms with E-state index in [1.165, 1.54) is 17.7 Å². The summed E-state index contributed by atoms with van der Waals surface area (Å²) >= 11 is 6.16. The molecular formula is C22H21ClFN3O2. The molecule has 1 fully saturated rings. The van der Waals surface area contributed by atoms with E-state index in [2.05, 4.69) is 27.5 Å². The topological polar surface area (TPSA) is 58.4 Å². The van der Waals surface area contributed by atoms with Gasteiger partial charge in [-0.05, 0) is 31.0 Å². The minimum absolute atomic E-state index is 0.00412. The molecule has 5 nitrogen and oxygen atoms in total. The molecule has 1 N–H and O–H groups in total. The van der Waals surface area contributed by atoms with E-state index >= 15 is 0 Å². The second-order valence-corrected chi connectivity index (χ2v) is 7.65. The van der Waals surface area contributed by atoms with Crippen LogP contribution in [0.5, 0.6) is 0 Å². The van der Waals surface area contributed by atoms with Gasteiger partial charge in [-0.3, -0.25) is 9.69 Å². The molecule has 0 bridgehead atoms. The summed E-state index contributed by atoms with van der Waals surface area (Å²) < 4.78 is 19.5. The zero-order valence-electron chi connectivity index (χ0n) is 16.0. The van der Waals surface area contributed by atoms with Crippen molar-refractivity contribution in [2.24, 2.45) is 0 Å². The molecule has 1 atom stereocenters. The van der Waals surface area contributed by atoms with Gasteiger partial charge < -0.3 is 9.84 Å². The van der Waals surface area contributed by atoms with Gasteiger partial charge in [-0.25, -0.2) is 4.39 Å². The van der Waals surface area contributed by atoms with E-state index in [0.29, 0.717) is 5.76 Å². The Morgan fingerprint density at radius 3 is 2.83 bits per heavy atom. The quantitative estimate of drug-likeness (QED) is 0.671. The summed E-state index contributed by atoms with van der Waals surface area (Å²) in [5, 5.41) is 7.13. The van der Waals surface area contributed by atoms with Crippen LogP contribution >= 0.6 is 11.6 Å². The zero-order chi connectivity index (χ0) is 20.4. The number of hydrogen-bond donors (Lipinski definition) is 1. The summed E-state index contributed by atoms with van der Waals surface area (Å²) in [6, 6.07) is 14.6. The van der Waals surface area contributed by atoms with Crippen molar-refractivity contribution >= 4 is 17.5 Å². The Kier molecular flexibility index (Phi) is 5.65. The second kappa shape index (κ2) is 8.35. The summed E-state index contributed by atoms with van der Waals surface area (Å²) in [5.74, 6) is -0.546. The number of nitrogens with zero attached hydrogens (tertiary/aromatic N) is 2. The molecule has 1 amide bonds. The lowest BCUT2D eigenvalue weighted by Gasteiger charge is -2.17. The molecule has 1 unspecified atom stereocenters. The van der Waals surface area contributed by atoms with Crippen molar-refractivity contribution in [3.8, 4) is 11.3 Å². The van der Waals surface area contributed by atoms with Gasteiger partial charge in [0.2, 0.25) is 0 Å². The van der Waals surface area contributed by atoms with Gasteiger partial charge in [-0.2, -0.15) is 0 Å². The summed E-state index contributed by atoms with van der Waals surface area (Å²) in [6.07, 6.45) is 0.846. The number of amides is 1. The minimum atomic E-state index is -0.547. The molecule has 0 radical (unpaired) electrons. The average Bonchev–Trinajstić information content (AvgIpc) is 3.29. The van der Waals surface area contributed by atoms with Crippen molar-refractivity contribution in [1.29, 1.82) is 0 Å². The van der Waals surface area contributed by atoms with Gasteiger partial charge in [0.1, 0.15) is 22.8 Å². The van der Waals surface area contributed by atoms with E-state index in [1.807, 2.05) is 18.2 Å². The smallest absolute Gasteiger partial charge is 0.257 e. The largest absolute Gasteiger partial charge is 0.360 e. The second-order valence-electron chi connectivity index (χ2n) is 7.24. The maximum absolute atomic E-state index is 14.3. The lowest BCUT2D eigenvalue weighted by Crippen LogP contribution is -2.37. The normalized spacial score (nSPS) is 16.9. The summed E-state index contributed by atoms with van der Waals surface area (Å²) in [7, 11) is 0. The summed E-state index contributed by atoms with van der Waals surface area (Å²) in [4.78, 5) is 15.3. The van der Waals surface area contributed by atoms with Crippen LogP contribution in [0.1, 0.15) is 28.1 Å². The third-order valence-electron chi connectivity index (χ3n) is 5.15. The Morgan fingerprint density at radius 1 is 1.28 bits per heavy atom. The van der Waals surface area contributed by atoms with Crippen molar-refractivity contribution in [3.63, 3.8) is 0 Å². The van der Waals surface area contributed by atoms with Crippen LogP contribution in [0.4, 0.5) is 4.39 Å². The summed E-state index contributed by atoms with van der Waals surface area (Å²) in [6.45, 7) is 4.13. The third kappa shape index (κ3) is 4.18. The first-order valence-corrected chi connectivity index (χ1v) is 9.88. The van der Waals surface area contributed by atoms with Crippen molar-refractivity contribution in [2.75, 3.05) is 13.1 Å². The van der Waals surface area contributed by atoms with Gasteiger partial charge in [-0.1, -0.05) is 53.2 Å². The highest BCUT2D eigenvalue weighted by Crippen LogP contribution is 2.33. The lowest BCUT2D eigenvalue weighted by atomic mass is 10.0. The number of nitrogens with one attached hydrogen (secondary N) is 1.